The molecule has 4 aromatic carbocycles. The second-order valence-corrected chi connectivity index (χ2v) is 17.4. The van der Waals surface area contributed by atoms with Crippen LogP contribution in [0.2, 0.25) is 0 Å². The van der Waals surface area contributed by atoms with Gasteiger partial charge in [-0.2, -0.15) is 0 Å². The number of ether oxygens (including phenoxy) is 2. The van der Waals surface area contributed by atoms with Gasteiger partial charge >= 0.3 is 0 Å². The lowest BCUT2D eigenvalue weighted by atomic mass is 9.86. The Morgan fingerprint density at radius 2 is 1.20 bits per heavy atom. The highest BCUT2D eigenvalue weighted by molar-refractivity contribution is 5.93. The SMILES string of the molecule is COc1cc2oc(-c3ccc(O)cc3O)c(C(C)C(C)C)c(=O)c2c(O)c1CCC(C)C.COc1cc2oc(-c3ccc(O)cc3O)c(CC=C(C)C)c(=O)c2c(O)c1C=CC(C)C. The number of aromatic hydroxyl groups is 6. The highest BCUT2D eigenvalue weighted by atomic mass is 16.5. The Labute approximate surface area is 373 Å². The Hall–Kier alpha value is -6.82. The number of phenols is 6. The number of phenolic OH excluding ortho intramolecular Hbond substituents is 6. The van der Waals surface area contributed by atoms with Crippen molar-refractivity contribution in [2.24, 2.45) is 17.8 Å². The zero-order valence-corrected chi connectivity index (χ0v) is 38.4. The van der Waals surface area contributed by atoms with Crippen LogP contribution < -0.4 is 20.3 Å². The van der Waals surface area contributed by atoms with E-state index in [9.17, 15) is 40.2 Å². The van der Waals surface area contributed by atoms with E-state index in [1.807, 2.05) is 60.6 Å². The standard InChI is InChI=1S/C26H32O6.C26H28O6/c1-13(2)7-9-18-20(31-6)12-21-23(24(18)29)25(30)22(15(5)14(3)4)26(32-21)17-10-8-16(27)11-19(17)28;1-14(2)6-9-18-21(31-5)13-22-23(24(18)29)25(30)19(10-7-15(3)4)26(32-22)17-11-8-16(27)12-20(17)28/h8,10-15,27-29H,7,9H2,1-6H3;6-9,11-14,27-29H,10H2,1-5H3. The van der Waals surface area contributed by atoms with E-state index in [4.69, 9.17) is 18.3 Å². The fraction of sp³-hybridized carbons (Fsp3) is 0.346. The summed E-state index contributed by atoms with van der Waals surface area (Å²) in [5.41, 5.74) is 2.81. The molecule has 0 fully saturated rings. The van der Waals surface area contributed by atoms with Crippen LogP contribution in [0.25, 0.3) is 50.7 Å². The average molecular weight is 877 g/mol. The van der Waals surface area contributed by atoms with Gasteiger partial charge in [0.05, 0.1) is 30.9 Å². The van der Waals surface area contributed by atoms with E-state index < -0.39 is 5.43 Å². The van der Waals surface area contributed by atoms with Crippen LogP contribution in [-0.2, 0) is 12.8 Å². The number of allylic oxidation sites excluding steroid dienone is 3. The minimum Gasteiger partial charge on any atom is -0.508 e. The van der Waals surface area contributed by atoms with Crippen molar-refractivity contribution in [2.75, 3.05) is 14.2 Å². The predicted octanol–water partition coefficient (Wildman–Crippen LogP) is 11.7. The molecule has 12 nitrogen and oxygen atoms in total. The lowest BCUT2D eigenvalue weighted by molar-refractivity contribution is 0.397. The third-order valence-electron chi connectivity index (χ3n) is 11.2. The van der Waals surface area contributed by atoms with E-state index in [1.165, 1.54) is 50.6 Å². The zero-order valence-electron chi connectivity index (χ0n) is 38.4. The van der Waals surface area contributed by atoms with Crippen LogP contribution in [0.1, 0.15) is 96.9 Å². The molecule has 6 rings (SSSR count). The molecule has 6 aromatic rings. The summed E-state index contributed by atoms with van der Waals surface area (Å²) in [4.78, 5) is 27.3. The molecule has 1 unspecified atom stereocenters. The maximum atomic E-state index is 13.8. The van der Waals surface area contributed by atoms with Crippen LogP contribution in [-0.4, -0.2) is 44.9 Å². The van der Waals surface area contributed by atoms with Crippen molar-refractivity contribution in [3.63, 3.8) is 0 Å². The van der Waals surface area contributed by atoms with Crippen molar-refractivity contribution >= 4 is 28.0 Å². The first-order chi connectivity index (χ1) is 30.2. The predicted molar refractivity (Wildman–Crippen MR) is 252 cm³/mol. The number of hydrogen-bond acceptors (Lipinski definition) is 12. The third-order valence-corrected chi connectivity index (χ3v) is 11.2. The molecular formula is C52H60O12. The molecule has 0 aliphatic carbocycles. The van der Waals surface area contributed by atoms with Gasteiger partial charge in [-0.1, -0.05) is 72.3 Å². The number of fused-ring (bicyclic) bond motifs is 2. The monoisotopic (exact) mass is 876 g/mol. The van der Waals surface area contributed by atoms with Gasteiger partial charge in [0.1, 0.15) is 79.5 Å². The summed E-state index contributed by atoms with van der Waals surface area (Å²) in [6.45, 7) is 17.9. The smallest absolute Gasteiger partial charge is 0.200 e. The van der Waals surface area contributed by atoms with E-state index in [0.29, 0.717) is 51.7 Å². The van der Waals surface area contributed by atoms with Crippen LogP contribution in [0.15, 0.2) is 84.7 Å². The quantitative estimate of drug-likeness (QED) is 0.0601. The van der Waals surface area contributed by atoms with Crippen LogP contribution in [0.3, 0.4) is 0 Å². The van der Waals surface area contributed by atoms with E-state index in [-0.39, 0.29) is 103 Å². The maximum absolute atomic E-state index is 13.8. The normalized spacial score (nSPS) is 12.0. The summed E-state index contributed by atoms with van der Waals surface area (Å²) in [6, 6.07) is 11.4. The number of rotatable bonds is 13. The molecule has 0 spiro atoms. The van der Waals surface area contributed by atoms with E-state index in [2.05, 4.69) is 13.8 Å². The molecule has 2 aromatic heterocycles. The third kappa shape index (κ3) is 10.2. The van der Waals surface area contributed by atoms with Gasteiger partial charge in [0.25, 0.3) is 0 Å². The molecule has 340 valence electrons. The zero-order chi connectivity index (χ0) is 47.3. The number of hydrogen-bond donors (Lipinski definition) is 6. The molecule has 0 aliphatic rings. The van der Waals surface area contributed by atoms with Crippen molar-refractivity contribution in [1.29, 1.82) is 0 Å². The Morgan fingerprint density at radius 1 is 0.672 bits per heavy atom. The lowest BCUT2D eigenvalue weighted by Gasteiger charge is -2.21. The van der Waals surface area contributed by atoms with Crippen molar-refractivity contribution in [3.05, 3.63) is 109 Å². The second kappa shape index (κ2) is 20.1. The highest BCUT2D eigenvalue weighted by Crippen LogP contribution is 2.44. The molecule has 64 heavy (non-hydrogen) atoms. The van der Waals surface area contributed by atoms with Crippen molar-refractivity contribution in [1.82, 2.24) is 0 Å². The summed E-state index contributed by atoms with van der Waals surface area (Å²) < 4.78 is 23.2. The van der Waals surface area contributed by atoms with E-state index in [1.54, 1.807) is 18.2 Å². The van der Waals surface area contributed by atoms with Gasteiger partial charge in [-0.05, 0) is 81.0 Å². The summed E-state index contributed by atoms with van der Waals surface area (Å²) in [5.74, 6) is 0.781. The Bertz CT molecular complexity index is 2850. The summed E-state index contributed by atoms with van der Waals surface area (Å²) >= 11 is 0. The summed E-state index contributed by atoms with van der Waals surface area (Å²) in [5, 5.41) is 62.6. The average Bonchev–Trinajstić information content (AvgIpc) is 3.21. The molecule has 0 radical (unpaired) electrons. The van der Waals surface area contributed by atoms with Crippen molar-refractivity contribution in [2.45, 2.75) is 87.5 Å². The van der Waals surface area contributed by atoms with Crippen molar-refractivity contribution < 1.29 is 48.9 Å². The van der Waals surface area contributed by atoms with Gasteiger partial charge in [-0.25, -0.2) is 0 Å². The van der Waals surface area contributed by atoms with Crippen LogP contribution >= 0.6 is 0 Å². The number of benzene rings is 4. The molecule has 2 heterocycles. The maximum Gasteiger partial charge on any atom is 0.200 e. The highest BCUT2D eigenvalue weighted by Gasteiger charge is 2.28. The molecule has 0 saturated carbocycles. The van der Waals surface area contributed by atoms with Gasteiger partial charge in [-0.3, -0.25) is 9.59 Å². The van der Waals surface area contributed by atoms with Gasteiger partial charge < -0.3 is 48.9 Å². The van der Waals surface area contributed by atoms with Crippen molar-refractivity contribution in [3.8, 4) is 68.6 Å². The minimum atomic E-state index is -0.398. The molecular weight excluding hydrogens is 817 g/mol. The van der Waals surface area contributed by atoms with Crippen LogP contribution in [0, 0.1) is 17.8 Å². The molecule has 0 saturated heterocycles. The van der Waals surface area contributed by atoms with Gasteiger partial charge in [-0.15, -0.1) is 0 Å². The van der Waals surface area contributed by atoms with E-state index >= 15 is 0 Å². The molecule has 0 amide bonds. The fourth-order valence-electron chi connectivity index (χ4n) is 7.28. The second-order valence-electron chi connectivity index (χ2n) is 17.4. The molecule has 0 aliphatic heterocycles. The molecule has 12 heteroatoms. The Kier molecular flexibility index (Phi) is 15.2. The lowest BCUT2D eigenvalue weighted by Crippen LogP contribution is -2.18. The fourth-order valence-corrected chi connectivity index (χ4v) is 7.28. The molecule has 1 atom stereocenters. The Balaban J connectivity index is 0.000000241. The molecule has 0 bridgehead atoms. The van der Waals surface area contributed by atoms with Gasteiger partial charge in [0.15, 0.2) is 0 Å². The Morgan fingerprint density at radius 3 is 1.70 bits per heavy atom. The first-order valence-corrected chi connectivity index (χ1v) is 21.4. The number of methoxy groups -OCH3 is 2. The summed E-state index contributed by atoms with van der Waals surface area (Å²) in [6.07, 6.45) is 7.15. The minimum absolute atomic E-state index is 0.0494. The van der Waals surface area contributed by atoms with Gasteiger partial charge in [0, 0.05) is 41.0 Å². The van der Waals surface area contributed by atoms with Gasteiger partial charge in [0.2, 0.25) is 10.9 Å². The first kappa shape index (κ1) is 48.2. The van der Waals surface area contributed by atoms with Crippen LogP contribution in [0.4, 0.5) is 0 Å². The first-order valence-electron chi connectivity index (χ1n) is 21.4. The molecule has 6 N–H and O–H groups in total. The topological polar surface area (TPSA) is 200 Å². The largest absolute Gasteiger partial charge is 0.508 e. The van der Waals surface area contributed by atoms with E-state index in [0.717, 1.165) is 12.0 Å². The summed E-state index contributed by atoms with van der Waals surface area (Å²) in [7, 11) is 2.99. The van der Waals surface area contributed by atoms with Crippen LogP contribution in [0.5, 0.6) is 46.0 Å².